The molecule has 3 aliphatic rings. The lowest BCUT2D eigenvalue weighted by atomic mass is 9.88. The third kappa shape index (κ3) is 4.74. The van der Waals surface area contributed by atoms with Gasteiger partial charge in [-0.3, -0.25) is 4.79 Å². The number of carbonyl (C=O) groups excluding carboxylic acids is 1. The Balaban J connectivity index is 1.40. The molecule has 0 aromatic heterocycles. The summed E-state index contributed by atoms with van der Waals surface area (Å²) in [6, 6.07) is 7.34. The highest BCUT2D eigenvalue weighted by atomic mass is 35.5. The number of likely N-dealkylation sites (tertiary alicyclic amines) is 1. The van der Waals surface area contributed by atoms with Crippen LogP contribution in [0.1, 0.15) is 52.7 Å². The zero-order valence-electron chi connectivity index (χ0n) is 19.1. The molecular formula is C25H20Cl2F6N2OS. The normalized spacial score (nSPS) is 25.9. The van der Waals surface area contributed by atoms with E-state index >= 15 is 0 Å². The van der Waals surface area contributed by atoms with Crippen molar-refractivity contribution in [3.8, 4) is 0 Å². The average Bonchev–Trinajstić information content (AvgIpc) is 3.55. The Labute approximate surface area is 223 Å². The monoisotopic (exact) mass is 580 g/mol. The van der Waals surface area contributed by atoms with E-state index in [0.29, 0.717) is 42.1 Å². The van der Waals surface area contributed by atoms with Crippen LogP contribution in [0.2, 0.25) is 10.0 Å². The fraction of sp³-hybridized carbons (Fsp3) is 0.440. The number of hydrogen-bond donors (Lipinski definition) is 0. The van der Waals surface area contributed by atoms with Crippen LogP contribution in [0.5, 0.6) is 0 Å². The summed E-state index contributed by atoms with van der Waals surface area (Å²) in [4.78, 5) is 14.8. The minimum absolute atomic E-state index is 0.0525. The molecule has 3 unspecified atom stereocenters. The Morgan fingerprint density at radius 3 is 2.19 bits per heavy atom. The van der Waals surface area contributed by atoms with E-state index in [4.69, 9.17) is 23.2 Å². The fourth-order valence-electron chi connectivity index (χ4n) is 5.48. The summed E-state index contributed by atoms with van der Waals surface area (Å²) in [5.74, 6) is 0.939. The summed E-state index contributed by atoms with van der Waals surface area (Å²) >= 11 is 11.6. The molecule has 5 rings (SSSR count). The third-order valence-corrected chi connectivity index (χ3v) is 9.50. The van der Waals surface area contributed by atoms with Gasteiger partial charge in [-0.1, -0.05) is 41.8 Å². The van der Waals surface area contributed by atoms with Crippen LogP contribution in [0.25, 0.3) is 0 Å². The molecule has 2 aromatic carbocycles. The lowest BCUT2D eigenvalue weighted by Crippen LogP contribution is -2.39. The van der Waals surface area contributed by atoms with Gasteiger partial charge in [-0.2, -0.15) is 26.3 Å². The minimum atomic E-state index is -4.99. The SMILES string of the molecule is O=C(c1ccc(C2=NSC(c3cc(Cl)c(Cl)c(C(F)(F)F)c3)(C(F)(F)F)C2)cc1)N1CC2CCCC2C1. The van der Waals surface area contributed by atoms with Gasteiger partial charge in [0.15, 0.2) is 4.75 Å². The number of carbonyl (C=O) groups is 1. The highest BCUT2D eigenvalue weighted by Crippen LogP contribution is 2.58. The quantitative estimate of drug-likeness (QED) is 0.271. The van der Waals surface area contributed by atoms with Crippen molar-refractivity contribution < 1.29 is 31.1 Å². The van der Waals surface area contributed by atoms with Gasteiger partial charge in [-0.25, -0.2) is 4.40 Å². The predicted octanol–water partition coefficient (Wildman–Crippen LogP) is 8.18. The molecule has 0 radical (unpaired) electrons. The second-order valence-electron chi connectivity index (χ2n) is 9.69. The Kier molecular flexibility index (Phi) is 6.76. The summed E-state index contributed by atoms with van der Waals surface area (Å²) in [5.41, 5.74) is -1.29. The Hall–Kier alpha value is -1.91. The number of hydrogen-bond acceptors (Lipinski definition) is 3. The van der Waals surface area contributed by atoms with Crippen LogP contribution < -0.4 is 0 Å². The molecule has 37 heavy (non-hydrogen) atoms. The molecule has 1 amide bonds. The first kappa shape index (κ1) is 26.7. The van der Waals surface area contributed by atoms with Crippen LogP contribution >= 0.6 is 35.1 Å². The van der Waals surface area contributed by atoms with Crippen molar-refractivity contribution in [3.05, 3.63) is 68.7 Å². The topological polar surface area (TPSA) is 32.7 Å². The maximum Gasteiger partial charge on any atom is 0.417 e. The van der Waals surface area contributed by atoms with Crippen molar-refractivity contribution in [2.75, 3.05) is 13.1 Å². The van der Waals surface area contributed by atoms with Gasteiger partial charge in [-0.15, -0.1) is 0 Å². The van der Waals surface area contributed by atoms with E-state index in [1.807, 2.05) is 4.90 Å². The molecule has 1 saturated heterocycles. The van der Waals surface area contributed by atoms with E-state index in [-0.39, 0.29) is 23.6 Å². The summed E-state index contributed by atoms with van der Waals surface area (Å²) in [6.07, 6.45) is -7.23. The lowest BCUT2D eigenvalue weighted by Gasteiger charge is -2.31. The van der Waals surface area contributed by atoms with Crippen LogP contribution in [-0.4, -0.2) is 35.8 Å². The van der Waals surface area contributed by atoms with Crippen molar-refractivity contribution in [2.24, 2.45) is 16.2 Å². The second-order valence-corrected chi connectivity index (χ2v) is 11.5. The molecular weight excluding hydrogens is 561 g/mol. The van der Waals surface area contributed by atoms with Gasteiger partial charge >= 0.3 is 12.4 Å². The standard InChI is InChI=1S/C25H20Cl2F6N2OS/c26-19-9-17(8-18(21(19)27)24(28,29)30)23(25(31,32)33)10-20(34-37-23)13-4-6-14(7-5-13)22(36)35-11-15-2-1-3-16(15)12-35/h4-9,15-16H,1-3,10-12H2. The first-order chi connectivity index (χ1) is 17.3. The minimum Gasteiger partial charge on any atom is -0.338 e. The molecule has 2 aromatic rings. The largest absolute Gasteiger partial charge is 0.417 e. The van der Waals surface area contributed by atoms with Crippen LogP contribution in [-0.2, 0) is 10.9 Å². The molecule has 12 heteroatoms. The van der Waals surface area contributed by atoms with Crippen molar-refractivity contribution in [2.45, 2.75) is 42.8 Å². The average molecular weight is 581 g/mol. The van der Waals surface area contributed by atoms with Crippen molar-refractivity contribution in [1.29, 1.82) is 0 Å². The number of fused-ring (bicyclic) bond motifs is 1. The summed E-state index contributed by atoms with van der Waals surface area (Å²) < 4.78 is 84.7. The number of alkyl halides is 6. The van der Waals surface area contributed by atoms with E-state index < -0.39 is 44.7 Å². The Morgan fingerprint density at radius 1 is 1.00 bits per heavy atom. The molecule has 2 fully saturated rings. The lowest BCUT2D eigenvalue weighted by molar-refractivity contribution is -0.160. The molecule has 198 valence electrons. The molecule has 0 N–H and O–H groups in total. The molecule has 0 bridgehead atoms. The third-order valence-electron chi connectivity index (χ3n) is 7.46. The number of benzene rings is 2. The van der Waals surface area contributed by atoms with Crippen molar-refractivity contribution >= 4 is 46.8 Å². The fourth-order valence-corrected chi connectivity index (χ4v) is 6.88. The van der Waals surface area contributed by atoms with Crippen LogP contribution in [0.4, 0.5) is 26.3 Å². The number of rotatable bonds is 3. The van der Waals surface area contributed by atoms with Gasteiger partial charge in [-0.05, 0) is 72.0 Å². The van der Waals surface area contributed by atoms with Gasteiger partial charge in [0.2, 0.25) is 0 Å². The van der Waals surface area contributed by atoms with Gasteiger partial charge in [0.25, 0.3) is 5.91 Å². The van der Waals surface area contributed by atoms with E-state index in [2.05, 4.69) is 4.40 Å². The smallest absolute Gasteiger partial charge is 0.338 e. The highest BCUT2D eigenvalue weighted by Gasteiger charge is 2.60. The highest BCUT2D eigenvalue weighted by molar-refractivity contribution is 7.99. The van der Waals surface area contributed by atoms with Crippen LogP contribution in [0.15, 0.2) is 40.8 Å². The molecule has 3 atom stereocenters. The molecule has 2 aliphatic heterocycles. The van der Waals surface area contributed by atoms with E-state index in [0.717, 1.165) is 18.9 Å². The maximum atomic E-state index is 14.4. The van der Waals surface area contributed by atoms with E-state index in [1.165, 1.54) is 18.6 Å². The summed E-state index contributed by atoms with van der Waals surface area (Å²) in [7, 11) is 0. The van der Waals surface area contributed by atoms with Gasteiger partial charge in [0, 0.05) is 25.1 Å². The molecule has 1 saturated carbocycles. The van der Waals surface area contributed by atoms with Gasteiger partial charge < -0.3 is 4.90 Å². The number of amides is 1. The summed E-state index contributed by atoms with van der Waals surface area (Å²) in [5, 5.41) is -1.49. The maximum absolute atomic E-state index is 14.4. The predicted molar refractivity (Wildman–Crippen MR) is 131 cm³/mol. The van der Waals surface area contributed by atoms with Gasteiger partial charge in [0.05, 0.1) is 21.3 Å². The van der Waals surface area contributed by atoms with Crippen molar-refractivity contribution in [3.63, 3.8) is 0 Å². The zero-order valence-corrected chi connectivity index (χ0v) is 21.4. The second kappa shape index (κ2) is 9.38. The molecule has 3 nitrogen and oxygen atoms in total. The van der Waals surface area contributed by atoms with E-state index in [9.17, 15) is 31.1 Å². The van der Waals surface area contributed by atoms with Gasteiger partial charge in [0.1, 0.15) is 0 Å². The first-order valence-electron chi connectivity index (χ1n) is 11.6. The van der Waals surface area contributed by atoms with E-state index in [1.54, 1.807) is 12.1 Å². The molecule has 1 aliphatic carbocycles. The Bertz CT molecular complexity index is 1250. The van der Waals surface area contributed by atoms with Crippen LogP contribution in [0.3, 0.4) is 0 Å². The van der Waals surface area contributed by atoms with Crippen molar-refractivity contribution in [1.82, 2.24) is 4.90 Å². The van der Waals surface area contributed by atoms with Crippen LogP contribution in [0, 0.1) is 11.8 Å². The molecule has 0 spiro atoms. The summed E-state index contributed by atoms with van der Waals surface area (Å²) in [6.45, 7) is 1.43. The first-order valence-corrected chi connectivity index (χ1v) is 13.1. The number of halogens is 8. The molecule has 2 heterocycles. The number of nitrogens with zero attached hydrogens (tertiary/aromatic N) is 2. The zero-order chi connectivity index (χ0) is 26.8. The Morgan fingerprint density at radius 2 is 1.62 bits per heavy atom.